The minimum Gasteiger partial charge on any atom is -0.497 e. The van der Waals surface area contributed by atoms with Gasteiger partial charge in [-0.3, -0.25) is 0 Å². The fourth-order valence-corrected chi connectivity index (χ4v) is 8.90. The Kier molecular flexibility index (Phi) is 9.59. The molecule has 0 aliphatic carbocycles. The van der Waals surface area contributed by atoms with Crippen molar-refractivity contribution in [1.82, 2.24) is 0 Å². The second-order valence-electron chi connectivity index (χ2n) is 8.78. The second-order valence-corrected chi connectivity index (χ2v) is 18.3. The third-order valence-corrected chi connectivity index (χ3v) is 14.3. The number of hydrogen-bond donors (Lipinski definition) is 0. The summed E-state index contributed by atoms with van der Waals surface area (Å²) in [6.45, 7) is 11.8. The molecule has 0 bridgehead atoms. The van der Waals surface area contributed by atoms with Gasteiger partial charge < -0.3 is 9.16 Å². The molecule has 0 saturated carbocycles. The molecule has 1 unspecified atom stereocenters. The van der Waals surface area contributed by atoms with Crippen LogP contribution in [-0.4, -0.2) is 23.5 Å². The van der Waals surface area contributed by atoms with Crippen molar-refractivity contribution in [2.45, 2.75) is 70.6 Å². The lowest BCUT2D eigenvalue weighted by atomic mass is 10.1. The van der Waals surface area contributed by atoms with E-state index in [0.717, 1.165) is 18.2 Å². The first-order valence-corrected chi connectivity index (χ1v) is 17.2. The minimum absolute atomic E-state index is 0.125. The molecule has 2 aromatic carbocycles. The standard InChI is InChI=1S/C26H40O2Si2/c1-7-30(8-2,9-3)28-26(23-18-20-24(27-4)21-19-23)17-13-14-22-29(5,6)25-15-11-10-12-16-25/h10-16,18-21,26H,7-9,17,22H2,1-6H3/b14-13-. The number of allylic oxidation sites excluding steroid dienone is 1. The maximum Gasteiger partial charge on any atom is 0.192 e. The first-order chi connectivity index (χ1) is 14.4. The van der Waals surface area contributed by atoms with Gasteiger partial charge in [-0.25, -0.2) is 0 Å². The van der Waals surface area contributed by atoms with E-state index in [0.29, 0.717) is 0 Å². The number of methoxy groups -OCH3 is 1. The Morgan fingerprint density at radius 3 is 1.97 bits per heavy atom. The maximum absolute atomic E-state index is 6.92. The highest BCUT2D eigenvalue weighted by Crippen LogP contribution is 2.33. The molecule has 0 N–H and O–H groups in total. The van der Waals surface area contributed by atoms with Crippen molar-refractivity contribution in [1.29, 1.82) is 0 Å². The van der Waals surface area contributed by atoms with E-state index in [1.54, 1.807) is 7.11 Å². The molecule has 4 heteroatoms. The van der Waals surface area contributed by atoms with Gasteiger partial charge in [0, 0.05) is 0 Å². The van der Waals surface area contributed by atoms with E-state index in [4.69, 9.17) is 9.16 Å². The molecule has 0 aromatic heterocycles. The van der Waals surface area contributed by atoms with Gasteiger partial charge in [0.2, 0.25) is 0 Å². The van der Waals surface area contributed by atoms with Crippen LogP contribution in [0, 0.1) is 0 Å². The monoisotopic (exact) mass is 440 g/mol. The summed E-state index contributed by atoms with van der Waals surface area (Å²) >= 11 is 0. The zero-order valence-electron chi connectivity index (χ0n) is 19.8. The first-order valence-electron chi connectivity index (χ1n) is 11.4. The molecule has 0 aliphatic rings. The van der Waals surface area contributed by atoms with Crippen LogP contribution in [0.1, 0.15) is 38.9 Å². The van der Waals surface area contributed by atoms with E-state index in [9.17, 15) is 0 Å². The van der Waals surface area contributed by atoms with Crippen LogP contribution in [0.4, 0.5) is 0 Å². The van der Waals surface area contributed by atoms with Crippen molar-refractivity contribution in [2.24, 2.45) is 0 Å². The SMILES string of the molecule is CC[Si](CC)(CC)OC(C/C=C\C[Si](C)(C)c1ccccc1)c1ccc(OC)cc1. The van der Waals surface area contributed by atoms with Crippen molar-refractivity contribution < 1.29 is 9.16 Å². The van der Waals surface area contributed by atoms with Gasteiger partial charge >= 0.3 is 0 Å². The van der Waals surface area contributed by atoms with E-state index < -0.39 is 16.4 Å². The third kappa shape index (κ3) is 6.69. The average Bonchev–Trinajstić information content (AvgIpc) is 2.80. The smallest absolute Gasteiger partial charge is 0.192 e. The van der Waals surface area contributed by atoms with Crippen LogP contribution in [0.2, 0.25) is 37.3 Å². The van der Waals surface area contributed by atoms with Crippen LogP contribution in [0.5, 0.6) is 5.75 Å². The molecule has 2 aromatic rings. The first kappa shape index (κ1) is 24.6. The van der Waals surface area contributed by atoms with Gasteiger partial charge in [0.25, 0.3) is 0 Å². The summed E-state index contributed by atoms with van der Waals surface area (Å²) in [6.07, 6.45) is 5.80. The molecule has 0 radical (unpaired) electrons. The fourth-order valence-electron chi connectivity index (χ4n) is 3.98. The molecule has 0 saturated heterocycles. The Morgan fingerprint density at radius 1 is 0.833 bits per heavy atom. The molecule has 164 valence electrons. The van der Waals surface area contributed by atoms with Crippen molar-refractivity contribution >= 4 is 21.6 Å². The summed E-state index contributed by atoms with van der Waals surface area (Å²) in [5.74, 6) is 0.897. The summed E-state index contributed by atoms with van der Waals surface area (Å²) in [4.78, 5) is 0. The lowest BCUT2D eigenvalue weighted by Crippen LogP contribution is -2.40. The zero-order valence-corrected chi connectivity index (χ0v) is 21.8. The molecular weight excluding hydrogens is 400 g/mol. The molecule has 2 rings (SSSR count). The van der Waals surface area contributed by atoms with Crippen molar-refractivity contribution in [3.8, 4) is 5.75 Å². The van der Waals surface area contributed by atoms with Crippen LogP contribution in [0.25, 0.3) is 0 Å². The second kappa shape index (κ2) is 11.7. The van der Waals surface area contributed by atoms with Crippen LogP contribution in [0.3, 0.4) is 0 Å². The van der Waals surface area contributed by atoms with Gasteiger partial charge in [-0.15, -0.1) is 0 Å². The van der Waals surface area contributed by atoms with Gasteiger partial charge in [-0.05, 0) is 48.3 Å². The Bertz CT molecular complexity index is 757. The molecule has 0 aliphatic heterocycles. The van der Waals surface area contributed by atoms with E-state index in [1.165, 1.54) is 28.9 Å². The lowest BCUT2D eigenvalue weighted by Gasteiger charge is -2.33. The summed E-state index contributed by atoms with van der Waals surface area (Å²) in [6, 6.07) is 24.1. The Balaban J connectivity index is 2.14. The van der Waals surface area contributed by atoms with E-state index >= 15 is 0 Å². The van der Waals surface area contributed by atoms with Crippen LogP contribution in [0.15, 0.2) is 66.7 Å². The average molecular weight is 441 g/mol. The molecule has 0 heterocycles. The predicted molar refractivity (Wildman–Crippen MR) is 136 cm³/mol. The molecular formula is C26H40O2Si2. The Morgan fingerprint density at radius 2 is 1.43 bits per heavy atom. The predicted octanol–water partition coefficient (Wildman–Crippen LogP) is 7.32. The van der Waals surface area contributed by atoms with Crippen molar-refractivity contribution in [3.63, 3.8) is 0 Å². The normalized spacial score (nSPS) is 13.5. The van der Waals surface area contributed by atoms with E-state index in [1.807, 2.05) is 12.1 Å². The highest BCUT2D eigenvalue weighted by atomic mass is 28.4. The van der Waals surface area contributed by atoms with Gasteiger partial charge in [0.15, 0.2) is 8.32 Å². The zero-order chi connectivity index (χ0) is 22.0. The Labute approximate surface area is 186 Å². The molecule has 0 amide bonds. The molecule has 2 nitrogen and oxygen atoms in total. The van der Waals surface area contributed by atoms with Crippen molar-refractivity contribution in [2.75, 3.05) is 7.11 Å². The number of hydrogen-bond acceptors (Lipinski definition) is 2. The van der Waals surface area contributed by atoms with Gasteiger partial charge in [-0.2, -0.15) is 0 Å². The minimum atomic E-state index is -1.69. The molecule has 0 spiro atoms. The molecule has 0 fully saturated rings. The fraction of sp³-hybridized carbons (Fsp3) is 0.462. The van der Waals surface area contributed by atoms with Crippen LogP contribution < -0.4 is 9.92 Å². The van der Waals surface area contributed by atoms with Gasteiger partial charge in [0.1, 0.15) is 5.75 Å². The van der Waals surface area contributed by atoms with E-state index in [-0.39, 0.29) is 6.10 Å². The van der Waals surface area contributed by atoms with Crippen molar-refractivity contribution in [3.05, 3.63) is 72.3 Å². The quantitative estimate of drug-likeness (QED) is 0.254. The lowest BCUT2D eigenvalue weighted by molar-refractivity contribution is 0.193. The highest BCUT2D eigenvalue weighted by molar-refractivity contribution is 6.90. The van der Waals surface area contributed by atoms with Crippen LogP contribution in [-0.2, 0) is 4.43 Å². The number of ether oxygens (including phenoxy) is 1. The van der Waals surface area contributed by atoms with Gasteiger partial charge in [-0.1, -0.05) is 93.7 Å². The highest BCUT2D eigenvalue weighted by Gasteiger charge is 2.32. The van der Waals surface area contributed by atoms with E-state index in [2.05, 4.69) is 88.5 Å². The Hall–Kier alpha value is -1.63. The largest absolute Gasteiger partial charge is 0.497 e. The molecule has 30 heavy (non-hydrogen) atoms. The number of benzene rings is 2. The maximum atomic E-state index is 6.92. The van der Waals surface area contributed by atoms with Crippen LogP contribution >= 0.6 is 0 Å². The summed E-state index contributed by atoms with van der Waals surface area (Å²) < 4.78 is 12.3. The summed E-state index contributed by atoms with van der Waals surface area (Å²) in [5, 5.41) is 1.52. The summed E-state index contributed by atoms with van der Waals surface area (Å²) in [7, 11) is -1.42. The number of rotatable bonds is 12. The topological polar surface area (TPSA) is 18.5 Å². The third-order valence-electron chi connectivity index (χ3n) is 6.51. The summed E-state index contributed by atoms with van der Waals surface area (Å²) in [5.41, 5.74) is 1.26. The van der Waals surface area contributed by atoms with Gasteiger partial charge in [0.05, 0.1) is 21.3 Å². The molecule has 1 atom stereocenters.